The highest BCUT2D eigenvalue weighted by Crippen LogP contribution is 2.13. The SMILES string of the molecule is CCC(CCN)N1CCN(C(=O)C(C)C)CC1. The summed E-state index contributed by atoms with van der Waals surface area (Å²) >= 11 is 0. The van der Waals surface area contributed by atoms with Crippen molar-refractivity contribution in [3.63, 3.8) is 0 Å². The summed E-state index contributed by atoms with van der Waals surface area (Å²) in [5, 5.41) is 0. The molecule has 1 heterocycles. The molecule has 1 aliphatic rings. The zero-order valence-electron chi connectivity index (χ0n) is 11.5. The lowest BCUT2D eigenvalue weighted by molar-refractivity contribution is -0.136. The highest BCUT2D eigenvalue weighted by Gasteiger charge is 2.25. The van der Waals surface area contributed by atoms with Gasteiger partial charge in [0.15, 0.2) is 0 Å². The summed E-state index contributed by atoms with van der Waals surface area (Å²) in [6.07, 6.45) is 2.21. The van der Waals surface area contributed by atoms with Crippen LogP contribution in [-0.4, -0.2) is 54.5 Å². The Hall–Kier alpha value is -0.610. The van der Waals surface area contributed by atoms with Crippen LogP contribution < -0.4 is 5.73 Å². The van der Waals surface area contributed by atoms with E-state index in [4.69, 9.17) is 5.73 Å². The third kappa shape index (κ3) is 3.96. The fraction of sp³-hybridized carbons (Fsp3) is 0.923. The van der Waals surface area contributed by atoms with E-state index in [1.165, 1.54) is 0 Å². The van der Waals surface area contributed by atoms with E-state index in [0.717, 1.165) is 45.6 Å². The Bertz CT molecular complexity index is 235. The van der Waals surface area contributed by atoms with Crippen LogP contribution in [0.4, 0.5) is 0 Å². The highest BCUT2D eigenvalue weighted by atomic mass is 16.2. The average Bonchev–Trinajstić information content (AvgIpc) is 2.35. The van der Waals surface area contributed by atoms with Crippen LogP contribution in [0, 0.1) is 5.92 Å². The molecule has 1 amide bonds. The number of carbonyl (C=O) groups is 1. The number of piperazine rings is 1. The Morgan fingerprint density at radius 2 is 1.82 bits per heavy atom. The summed E-state index contributed by atoms with van der Waals surface area (Å²) in [4.78, 5) is 16.3. The molecule has 4 nitrogen and oxygen atoms in total. The fourth-order valence-electron chi connectivity index (χ4n) is 2.51. The highest BCUT2D eigenvalue weighted by molar-refractivity contribution is 5.78. The van der Waals surface area contributed by atoms with Gasteiger partial charge in [0.25, 0.3) is 0 Å². The van der Waals surface area contributed by atoms with Crippen LogP contribution in [-0.2, 0) is 4.79 Å². The van der Waals surface area contributed by atoms with Crippen molar-refractivity contribution >= 4 is 5.91 Å². The minimum Gasteiger partial charge on any atom is -0.340 e. The van der Waals surface area contributed by atoms with Gasteiger partial charge in [-0.3, -0.25) is 9.69 Å². The summed E-state index contributed by atoms with van der Waals surface area (Å²) in [6, 6.07) is 0.594. The standard InChI is InChI=1S/C13H27N3O/c1-4-12(5-6-14)15-7-9-16(10-8-15)13(17)11(2)3/h11-12H,4-10,14H2,1-3H3. The minimum atomic E-state index is 0.118. The van der Waals surface area contributed by atoms with Gasteiger partial charge < -0.3 is 10.6 Å². The van der Waals surface area contributed by atoms with E-state index in [2.05, 4.69) is 11.8 Å². The van der Waals surface area contributed by atoms with Gasteiger partial charge in [-0.25, -0.2) is 0 Å². The van der Waals surface area contributed by atoms with Crippen LogP contribution in [0.15, 0.2) is 0 Å². The third-order valence-corrected chi connectivity index (χ3v) is 3.61. The number of nitrogens with two attached hydrogens (primary N) is 1. The third-order valence-electron chi connectivity index (χ3n) is 3.61. The molecule has 0 radical (unpaired) electrons. The van der Waals surface area contributed by atoms with Gasteiger partial charge in [-0.1, -0.05) is 20.8 Å². The molecular weight excluding hydrogens is 214 g/mol. The van der Waals surface area contributed by atoms with Gasteiger partial charge in [-0.15, -0.1) is 0 Å². The molecule has 100 valence electrons. The number of carbonyl (C=O) groups excluding carboxylic acids is 1. The first-order valence-corrected chi connectivity index (χ1v) is 6.83. The normalized spacial score (nSPS) is 19.7. The predicted molar refractivity (Wildman–Crippen MR) is 70.7 cm³/mol. The molecule has 0 saturated carbocycles. The van der Waals surface area contributed by atoms with Gasteiger partial charge in [0.05, 0.1) is 0 Å². The van der Waals surface area contributed by atoms with Crippen molar-refractivity contribution < 1.29 is 4.79 Å². The van der Waals surface area contributed by atoms with E-state index in [0.29, 0.717) is 6.04 Å². The number of nitrogens with zero attached hydrogens (tertiary/aromatic N) is 2. The van der Waals surface area contributed by atoms with Crippen LogP contribution >= 0.6 is 0 Å². The second kappa shape index (κ2) is 6.97. The molecule has 1 rings (SSSR count). The summed E-state index contributed by atoms with van der Waals surface area (Å²) in [5.74, 6) is 0.407. The molecule has 1 fully saturated rings. The smallest absolute Gasteiger partial charge is 0.225 e. The molecule has 1 atom stereocenters. The van der Waals surface area contributed by atoms with Crippen molar-refractivity contribution in [3.05, 3.63) is 0 Å². The number of rotatable bonds is 5. The first kappa shape index (κ1) is 14.5. The lowest BCUT2D eigenvalue weighted by Gasteiger charge is -2.39. The molecule has 0 aromatic carbocycles. The number of hydrogen-bond donors (Lipinski definition) is 1. The zero-order chi connectivity index (χ0) is 12.8. The van der Waals surface area contributed by atoms with Crippen molar-refractivity contribution in [3.8, 4) is 0 Å². The molecule has 1 aliphatic heterocycles. The van der Waals surface area contributed by atoms with Crippen LogP contribution in [0.25, 0.3) is 0 Å². The van der Waals surface area contributed by atoms with Gasteiger partial charge in [0.1, 0.15) is 0 Å². The van der Waals surface area contributed by atoms with Crippen LogP contribution in [0.5, 0.6) is 0 Å². The van der Waals surface area contributed by atoms with Crippen molar-refractivity contribution in [2.75, 3.05) is 32.7 Å². The molecule has 0 aliphatic carbocycles. The molecular formula is C13H27N3O. The monoisotopic (exact) mass is 241 g/mol. The van der Waals surface area contributed by atoms with Gasteiger partial charge in [-0.05, 0) is 19.4 Å². The second-order valence-electron chi connectivity index (χ2n) is 5.16. The quantitative estimate of drug-likeness (QED) is 0.778. The number of amides is 1. The Labute approximate surface area is 105 Å². The van der Waals surface area contributed by atoms with Crippen LogP contribution in [0.2, 0.25) is 0 Å². The molecule has 1 saturated heterocycles. The van der Waals surface area contributed by atoms with E-state index >= 15 is 0 Å². The largest absolute Gasteiger partial charge is 0.340 e. The molecule has 0 aromatic heterocycles. The van der Waals surface area contributed by atoms with Crippen molar-refractivity contribution in [2.45, 2.75) is 39.7 Å². The number of hydrogen-bond acceptors (Lipinski definition) is 3. The second-order valence-corrected chi connectivity index (χ2v) is 5.16. The maximum atomic E-state index is 11.9. The molecule has 2 N–H and O–H groups in total. The fourth-order valence-corrected chi connectivity index (χ4v) is 2.51. The maximum Gasteiger partial charge on any atom is 0.225 e. The van der Waals surface area contributed by atoms with Crippen LogP contribution in [0.3, 0.4) is 0 Å². The minimum absolute atomic E-state index is 0.118. The Morgan fingerprint density at radius 3 is 2.24 bits per heavy atom. The van der Waals surface area contributed by atoms with E-state index in [-0.39, 0.29) is 11.8 Å². The van der Waals surface area contributed by atoms with Gasteiger partial charge >= 0.3 is 0 Å². The first-order chi connectivity index (χ1) is 8.10. The van der Waals surface area contributed by atoms with Gasteiger partial charge in [-0.2, -0.15) is 0 Å². The van der Waals surface area contributed by atoms with Gasteiger partial charge in [0, 0.05) is 38.1 Å². The molecule has 0 aromatic rings. The van der Waals surface area contributed by atoms with Crippen LogP contribution in [0.1, 0.15) is 33.6 Å². The van der Waals surface area contributed by atoms with E-state index in [1.807, 2.05) is 18.7 Å². The molecule has 17 heavy (non-hydrogen) atoms. The lowest BCUT2D eigenvalue weighted by Crippen LogP contribution is -2.53. The van der Waals surface area contributed by atoms with E-state index in [9.17, 15) is 4.79 Å². The topological polar surface area (TPSA) is 49.6 Å². The maximum absolute atomic E-state index is 11.9. The predicted octanol–water partition coefficient (Wildman–Crippen LogP) is 0.914. The first-order valence-electron chi connectivity index (χ1n) is 6.83. The van der Waals surface area contributed by atoms with Gasteiger partial charge in [0.2, 0.25) is 5.91 Å². The molecule has 0 spiro atoms. The summed E-state index contributed by atoms with van der Waals surface area (Å²) in [7, 11) is 0. The molecule has 4 heteroatoms. The molecule has 0 bridgehead atoms. The summed E-state index contributed by atoms with van der Waals surface area (Å²) in [6.45, 7) is 10.6. The van der Waals surface area contributed by atoms with Crippen molar-refractivity contribution in [1.82, 2.24) is 9.80 Å². The Kier molecular flexibility index (Phi) is 5.92. The Balaban J connectivity index is 2.41. The average molecular weight is 241 g/mol. The summed E-state index contributed by atoms with van der Waals surface area (Å²) < 4.78 is 0. The van der Waals surface area contributed by atoms with Crippen molar-refractivity contribution in [2.24, 2.45) is 11.7 Å². The zero-order valence-corrected chi connectivity index (χ0v) is 11.5. The molecule has 1 unspecified atom stereocenters. The Morgan fingerprint density at radius 1 is 1.24 bits per heavy atom. The van der Waals surface area contributed by atoms with E-state index in [1.54, 1.807) is 0 Å². The lowest BCUT2D eigenvalue weighted by atomic mass is 10.1. The van der Waals surface area contributed by atoms with Crippen molar-refractivity contribution in [1.29, 1.82) is 0 Å². The summed E-state index contributed by atoms with van der Waals surface area (Å²) in [5.41, 5.74) is 5.64. The van der Waals surface area contributed by atoms with E-state index < -0.39 is 0 Å².